The van der Waals surface area contributed by atoms with Gasteiger partial charge in [0.05, 0.1) is 0 Å². The van der Waals surface area contributed by atoms with Gasteiger partial charge in [-0.05, 0) is 30.7 Å². The maximum Gasteiger partial charge on any atom is 0.160 e. The van der Waals surface area contributed by atoms with E-state index in [-0.39, 0.29) is 11.6 Å². The molecule has 0 unspecified atom stereocenters. The first-order valence-corrected chi connectivity index (χ1v) is 4.86. The smallest absolute Gasteiger partial charge is 0.160 e. The number of carbonyl (C=O) groups excluding carboxylic acids is 1. The standard InChI is InChI=1S/C11H11FOS/c1-8(13)11-5-4-10(12)7-9(11)3-2-6-14/h2-5,7,14H,6H2,1H3. The highest BCUT2D eigenvalue weighted by Crippen LogP contribution is 2.13. The van der Waals surface area contributed by atoms with Gasteiger partial charge in [0.15, 0.2) is 5.78 Å². The zero-order valence-electron chi connectivity index (χ0n) is 7.83. The molecule has 0 fully saturated rings. The molecule has 74 valence electrons. The van der Waals surface area contributed by atoms with Crippen LogP contribution >= 0.6 is 12.6 Å². The van der Waals surface area contributed by atoms with E-state index in [0.29, 0.717) is 16.9 Å². The predicted molar refractivity (Wildman–Crippen MR) is 59.3 cm³/mol. The van der Waals surface area contributed by atoms with Gasteiger partial charge in [0.1, 0.15) is 5.82 Å². The van der Waals surface area contributed by atoms with Crippen molar-refractivity contribution in [2.24, 2.45) is 0 Å². The average molecular weight is 210 g/mol. The second-order valence-electron chi connectivity index (χ2n) is 2.87. The van der Waals surface area contributed by atoms with E-state index in [1.807, 2.05) is 0 Å². The van der Waals surface area contributed by atoms with Crippen molar-refractivity contribution in [1.29, 1.82) is 0 Å². The molecule has 0 bridgehead atoms. The molecule has 0 heterocycles. The lowest BCUT2D eigenvalue weighted by molar-refractivity contribution is 0.101. The number of Topliss-reactive ketones (excluding diaryl/α,β-unsaturated/α-hetero) is 1. The summed E-state index contributed by atoms with van der Waals surface area (Å²) in [7, 11) is 0. The Morgan fingerprint density at radius 3 is 2.86 bits per heavy atom. The van der Waals surface area contributed by atoms with Crippen LogP contribution in [0.1, 0.15) is 22.8 Å². The Labute approximate surface area is 88.0 Å². The minimum absolute atomic E-state index is 0.0659. The van der Waals surface area contributed by atoms with Crippen LogP contribution in [0.15, 0.2) is 24.3 Å². The Kier molecular flexibility index (Phi) is 3.89. The van der Waals surface area contributed by atoms with Gasteiger partial charge in [-0.3, -0.25) is 4.79 Å². The molecule has 1 aromatic rings. The molecular weight excluding hydrogens is 199 g/mol. The van der Waals surface area contributed by atoms with Crippen molar-refractivity contribution in [3.8, 4) is 0 Å². The molecule has 0 saturated carbocycles. The fraction of sp³-hybridized carbons (Fsp3) is 0.182. The Morgan fingerprint density at radius 1 is 1.57 bits per heavy atom. The number of benzene rings is 1. The summed E-state index contributed by atoms with van der Waals surface area (Å²) in [6, 6.07) is 4.13. The Hall–Kier alpha value is -1.09. The van der Waals surface area contributed by atoms with Gasteiger partial charge in [-0.2, -0.15) is 12.6 Å². The van der Waals surface area contributed by atoms with E-state index in [9.17, 15) is 9.18 Å². The second kappa shape index (κ2) is 4.96. The largest absolute Gasteiger partial charge is 0.294 e. The Balaban J connectivity index is 3.15. The monoisotopic (exact) mass is 210 g/mol. The summed E-state index contributed by atoms with van der Waals surface area (Å²) in [6.45, 7) is 1.46. The van der Waals surface area contributed by atoms with Crippen molar-refractivity contribution >= 4 is 24.5 Å². The maximum atomic E-state index is 12.9. The van der Waals surface area contributed by atoms with Crippen LogP contribution in [0.5, 0.6) is 0 Å². The first kappa shape index (κ1) is 11.0. The SMILES string of the molecule is CC(=O)c1ccc(F)cc1C=CCS. The molecule has 14 heavy (non-hydrogen) atoms. The van der Waals surface area contributed by atoms with E-state index in [4.69, 9.17) is 0 Å². The topological polar surface area (TPSA) is 17.1 Å². The highest BCUT2D eigenvalue weighted by Gasteiger charge is 2.05. The average Bonchev–Trinajstić information content (AvgIpc) is 2.14. The molecule has 0 saturated heterocycles. The number of thiol groups is 1. The minimum Gasteiger partial charge on any atom is -0.294 e. The van der Waals surface area contributed by atoms with Crippen LogP contribution in [-0.2, 0) is 0 Å². The number of rotatable bonds is 3. The van der Waals surface area contributed by atoms with Crippen LogP contribution in [0.2, 0.25) is 0 Å². The number of carbonyl (C=O) groups is 1. The normalized spacial score (nSPS) is 10.8. The van der Waals surface area contributed by atoms with Gasteiger partial charge in [-0.1, -0.05) is 12.2 Å². The van der Waals surface area contributed by atoms with E-state index in [0.717, 1.165) is 0 Å². The summed E-state index contributed by atoms with van der Waals surface area (Å²) in [4.78, 5) is 11.2. The van der Waals surface area contributed by atoms with Crippen molar-refractivity contribution < 1.29 is 9.18 Å². The third kappa shape index (κ3) is 2.70. The van der Waals surface area contributed by atoms with Crippen molar-refractivity contribution in [3.63, 3.8) is 0 Å². The predicted octanol–water partition coefficient (Wildman–Crippen LogP) is 2.97. The molecule has 1 rings (SSSR count). The van der Waals surface area contributed by atoms with E-state index in [2.05, 4.69) is 12.6 Å². The molecular formula is C11H11FOS. The van der Waals surface area contributed by atoms with Gasteiger partial charge >= 0.3 is 0 Å². The van der Waals surface area contributed by atoms with Gasteiger partial charge in [-0.25, -0.2) is 4.39 Å². The van der Waals surface area contributed by atoms with Gasteiger partial charge in [0.2, 0.25) is 0 Å². The molecule has 3 heteroatoms. The molecule has 0 aliphatic carbocycles. The van der Waals surface area contributed by atoms with Gasteiger partial charge in [0, 0.05) is 11.3 Å². The molecule has 0 aliphatic heterocycles. The lowest BCUT2D eigenvalue weighted by Gasteiger charge is -2.01. The molecule has 0 N–H and O–H groups in total. The highest BCUT2D eigenvalue weighted by atomic mass is 32.1. The number of ketones is 1. The lowest BCUT2D eigenvalue weighted by atomic mass is 10.0. The summed E-state index contributed by atoms with van der Waals surface area (Å²) < 4.78 is 12.9. The molecule has 0 atom stereocenters. The molecule has 0 spiro atoms. The Morgan fingerprint density at radius 2 is 2.29 bits per heavy atom. The van der Waals surface area contributed by atoms with Crippen LogP contribution in [0.25, 0.3) is 6.08 Å². The van der Waals surface area contributed by atoms with Crippen LogP contribution in [-0.4, -0.2) is 11.5 Å². The van der Waals surface area contributed by atoms with Crippen LogP contribution in [0.3, 0.4) is 0 Å². The number of hydrogen-bond acceptors (Lipinski definition) is 2. The minimum atomic E-state index is -0.339. The quantitative estimate of drug-likeness (QED) is 0.599. The van der Waals surface area contributed by atoms with Gasteiger partial charge < -0.3 is 0 Å². The molecule has 0 radical (unpaired) electrons. The fourth-order valence-corrected chi connectivity index (χ4v) is 1.28. The first-order chi connectivity index (χ1) is 6.65. The summed E-state index contributed by atoms with van der Waals surface area (Å²) in [5, 5.41) is 0. The van der Waals surface area contributed by atoms with E-state index in [1.165, 1.54) is 25.1 Å². The zero-order chi connectivity index (χ0) is 10.6. The third-order valence-electron chi connectivity index (χ3n) is 1.80. The van der Waals surface area contributed by atoms with E-state index >= 15 is 0 Å². The molecule has 0 aliphatic rings. The van der Waals surface area contributed by atoms with Crippen molar-refractivity contribution in [1.82, 2.24) is 0 Å². The van der Waals surface area contributed by atoms with Crippen LogP contribution in [0, 0.1) is 5.82 Å². The summed E-state index contributed by atoms with van der Waals surface area (Å²) in [6.07, 6.45) is 3.47. The third-order valence-corrected chi connectivity index (χ3v) is 2.01. The first-order valence-electron chi connectivity index (χ1n) is 4.23. The maximum absolute atomic E-state index is 12.9. The number of hydrogen-bond donors (Lipinski definition) is 1. The van der Waals surface area contributed by atoms with Crippen molar-refractivity contribution in [2.45, 2.75) is 6.92 Å². The van der Waals surface area contributed by atoms with Crippen LogP contribution < -0.4 is 0 Å². The van der Waals surface area contributed by atoms with Gasteiger partial charge in [-0.15, -0.1) is 0 Å². The lowest BCUT2D eigenvalue weighted by Crippen LogP contribution is -1.96. The molecule has 1 nitrogen and oxygen atoms in total. The van der Waals surface area contributed by atoms with Crippen LogP contribution in [0.4, 0.5) is 4.39 Å². The van der Waals surface area contributed by atoms with E-state index in [1.54, 1.807) is 12.2 Å². The highest BCUT2D eigenvalue weighted by molar-refractivity contribution is 7.80. The zero-order valence-corrected chi connectivity index (χ0v) is 8.72. The van der Waals surface area contributed by atoms with Crippen molar-refractivity contribution in [2.75, 3.05) is 5.75 Å². The Bertz CT molecular complexity index is 372. The van der Waals surface area contributed by atoms with Gasteiger partial charge in [0.25, 0.3) is 0 Å². The molecule has 0 aromatic heterocycles. The second-order valence-corrected chi connectivity index (χ2v) is 3.24. The fourth-order valence-electron chi connectivity index (χ4n) is 1.17. The number of halogens is 1. The summed E-state index contributed by atoms with van der Waals surface area (Å²) in [5.74, 6) is 0.158. The summed E-state index contributed by atoms with van der Waals surface area (Å²) >= 11 is 4.00. The molecule has 0 amide bonds. The van der Waals surface area contributed by atoms with E-state index < -0.39 is 0 Å². The van der Waals surface area contributed by atoms with Crippen molar-refractivity contribution in [3.05, 3.63) is 41.2 Å². The summed E-state index contributed by atoms with van der Waals surface area (Å²) in [5.41, 5.74) is 1.14. The molecule has 1 aromatic carbocycles.